The van der Waals surface area contributed by atoms with Crippen molar-refractivity contribution in [3.63, 3.8) is 0 Å². The number of aliphatic hydroxyl groups is 1. The Kier molecular flexibility index (Phi) is 5.15. The molecular formula is C15H20N2O3. The third-order valence-corrected chi connectivity index (χ3v) is 3.16. The first kappa shape index (κ1) is 14.6. The Morgan fingerprint density at radius 2 is 2.15 bits per heavy atom. The van der Waals surface area contributed by atoms with Gasteiger partial charge in [0.15, 0.2) is 0 Å². The van der Waals surface area contributed by atoms with Gasteiger partial charge in [-0.1, -0.05) is 6.07 Å². The summed E-state index contributed by atoms with van der Waals surface area (Å²) in [5, 5.41) is 13.5. The Labute approximate surface area is 118 Å². The van der Waals surface area contributed by atoms with Crippen LogP contribution in [-0.4, -0.2) is 42.3 Å². The molecule has 0 bridgehead atoms. The molecule has 0 saturated carbocycles. The van der Waals surface area contributed by atoms with Gasteiger partial charge in [0.2, 0.25) is 0 Å². The fourth-order valence-electron chi connectivity index (χ4n) is 2.12. The normalized spacial score (nSPS) is 10.8. The van der Waals surface area contributed by atoms with Crippen LogP contribution in [0.25, 0.3) is 11.1 Å². The van der Waals surface area contributed by atoms with E-state index in [2.05, 4.69) is 5.10 Å². The first-order valence-electron chi connectivity index (χ1n) is 6.58. The van der Waals surface area contributed by atoms with Crippen LogP contribution < -0.4 is 4.74 Å². The van der Waals surface area contributed by atoms with E-state index in [1.807, 2.05) is 35.3 Å². The minimum Gasteiger partial charge on any atom is -0.497 e. The summed E-state index contributed by atoms with van der Waals surface area (Å²) in [6, 6.07) is 5.88. The molecule has 0 radical (unpaired) electrons. The van der Waals surface area contributed by atoms with Crippen molar-refractivity contribution in [2.45, 2.75) is 13.0 Å². The van der Waals surface area contributed by atoms with Crippen molar-refractivity contribution < 1.29 is 14.6 Å². The molecule has 0 unspecified atom stereocenters. The Bertz CT molecular complexity index is 552. The van der Waals surface area contributed by atoms with Crippen LogP contribution in [0.1, 0.15) is 5.56 Å². The Hall–Kier alpha value is -1.85. The highest BCUT2D eigenvalue weighted by Gasteiger charge is 2.09. The molecule has 0 aliphatic carbocycles. The highest BCUT2D eigenvalue weighted by molar-refractivity contribution is 5.67. The van der Waals surface area contributed by atoms with Crippen molar-refractivity contribution in [3.8, 4) is 16.9 Å². The molecule has 1 N–H and O–H groups in total. The number of aliphatic hydroxyl groups excluding tert-OH is 1. The molecule has 0 saturated heterocycles. The second kappa shape index (κ2) is 7.07. The molecule has 2 aromatic rings. The summed E-state index contributed by atoms with van der Waals surface area (Å²) in [4.78, 5) is 0. The van der Waals surface area contributed by atoms with Crippen molar-refractivity contribution in [1.29, 1.82) is 0 Å². The van der Waals surface area contributed by atoms with Crippen LogP contribution in [0.15, 0.2) is 30.6 Å². The van der Waals surface area contributed by atoms with Crippen LogP contribution in [-0.2, 0) is 17.7 Å². The zero-order valence-corrected chi connectivity index (χ0v) is 11.9. The van der Waals surface area contributed by atoms with Gasteiger partial charge in [-0.25, -0.2) is 0 Å². The molecule has 20 heavy (non-hydrogen) atoms. The lowest BCUT2D eigenvalue weighted by molar-refractivity contribution is 0.183. The molecule has 108 valence electrons. The van der Waals surface area contributed by atoms with Crippen molar-refractivity contribution >= 4 is 0 Å². The molecule has 0 aliphatic rings. The van der Waals surface area contributed by atoms with Gasteiger partial charge in [-0.15, -0.1) is 0 Å². The van der Waals surface area contributed by atoms with Gasteiger partial charge in [0.1, 0.15) is 5.75 Å². The average molecular weight is 276 g/mol. The number of benzene rings is 1. The minimum atomic E-state index is 0.109. The van der Waals surface area contributed by atoms with Crippen LogP contribution >= 0.6 is 0 Å². The van der Waals surface area contributed by atoms with E-state index < -0.39 is 0 Å². The minimum absolute atomic E-state index is 0.109. The van der Waals surface area contributed by atoms with Gasteiger partial charge in [0, 0.05) is 25.5 Å². The lowest BCUT2D eigenvalue weighted by Crippen LogP contribution is -2.03. The molecule has 2 rings (SSSR count). The molecule has 0 spiro atoms. The van der Waals surface area contributed by atoms with Crippen LogP contribution in [0, 0.1) is 0 Å². The fourth-order valence-corrected chi connectivity index (χ4v) is 2.12. The summed E-state index contributed by atoms with van der Waals surface area (Å²) in [6.07, 6.45) is 4.41. The van der Waals surface area contributed by atoms with Gasteiger partial charge in [-0.3, -0.25) is 4.68 Å². The first-order chi connectivity index (χ1) is 9.78. The quantitative estimate of drug-likeness (QED) is 0.837. The Balaban J connectivity index is 2.28. The van der Waals surface area contributed by atoms with Crippen molar-refractivity contribution in [3.05, 3.63) is 36.2 Å². The third-order valence-electron chi connectivity index (χ3n) is 3.16. The van der Waals surface area contributed by atoms with Gasteiger partial charge in [-0.2, -0.15) is 5.10 Å². The molecule has 0 amide bonds. The summed E-state index contributed by atoms with van der Waals surface area (Å²) in [6.45, 7) is 1.47. The topological polar surface area (TPSA) is 56.5 Å². The Morgan fingerprint density at radius 1 is 1.30 bits per heavy atom. The second-order valence-corrected chi connectivity index (χ2v) is 4.48. The van der Waals surface area contributed by atoms with E-state index in [1.54, 1.807) is 14.2 Å². The summed E-state index contributed by atoms with van der Waals surface area (Å²) >= 11 is 0. The number of ether oxygens (including phenoxy) is 2. The van der Waals surface area contributed by atoms with E-state index in [0.717, 1.165) is 29.0 Å². The fraction of sp³-hybridized carbons (Fsp3) is 0.400. The maximum Gasteiger partial charge on any atom is 0.119 e. The number of methoxy groups -OCH3 is 2. The van der Waals surface area contributed by atoms with Crippen LogP contribution in [0.4, 0.5) is 0 Å². The summed E-state index contributed by atoms with van der Waals surface area (Å²) < 4.78 is 12.1. The van der Waals surface area contributed by atoms with E-state index in [1.165, 1.54) is 0 Å². The van der Waals surface area contributed by atoms with Gasteiger partial charge < -0.3 is 14.6 Å². The van der Waals surface area contributed by atoms with Crippen molar-refractivity contribution in [1.82, 2.24) is 9.78 Å². The predicted molar refractivity (Wildman–Crippen MR) is 76.9 cm³/mol. The standard InChI is InChI=1S/C15H20N2O3/c1-19-8-6-17-11-13(10-16-17)15-4-3-14(20-2)9-12(15)5-7-18/h3-4,9-11,18H,5-8H2,1-2H3. The van der Waals surface area contributed by atoms with Crippen LogP contribution in [0.3, 0.4) is 0 Å². The van der Waals surface area contributed by atoms with E-state index in [9.17, 15) is 5.11 Å². The highest BCUT2D eigenvalue weighted by atomic mass is 16.5. The van der Waals surface area contributed by atoms with Crippen LogP contribution in [0.5, 0.6) is 5.75 Å². The molecular weight excluding hydrogens is 256 g/mol. The summed E-state index contributed by atoms with van der Waals surface area (Å²) in [5.74, 6) is 0.795. The van der Waals surface area contributed by atoms with Crippen molar-refractivity contribution in [2.75, 3.05) is 27.4 Å². The summed E-state index contributed by atoms with van der Waals surface area (Å²) in [5.41, 5.74) is 3.16. The lowest BCUT2D eigenvalue weighted by Gasteiger charge is -2.09. The lowest BCUT2D eigenvalue weighted by atomic mass is 10.00. The molecule has 0 fully saturated rings. The largest absolute Gasteiger partial charge is 0.497 e. The smallest absolute Gasteiger partial charge is 0.119 e. The van der Waals surface area contributed by atoms with E-state index in [4.69, 9.17) is 9.47 Å². The van der Waals surface area contributed by atoms with Crippen LogP contribution in [0.2, 0.25) is 0 Å². The zero-order valence-electron chi connectivity index (χ0n) is 11.9. The molecule has 1 aromatic heterocycles. The molecule has 5 heteroatoms. The molecule has 1 aromatic carbocycles. The zero-order chi connectivity index (χ0) is 14.4. The van der Waals surface area contributed by atoms with E-state index in [-0.39, 0.29) is 6.61 Å². The van der Waals surface area contributed by atoms with Gasteiger partial charge >= 0.3 is 0 Å². The van der Waals surface area contributed by atoms with Crippen molar-refractivity contribution in [2.24, 2.45) is 0 Å². The molecule has 0 atom stereocenters. The predicted octanol–water partition coefficient (Wildman–Crippen LogP) is 1.74. The number of rotatable bonds is 7. The number of hydrogen-bond donors (Lipinski definition) is 1. The average Bonchev–Trinajstić information content (AvgIpc) is 2.94. The van der Waals surface area contributed by atoms with Gasteiger partial charge in [-0.05, 0) is 29.7 Å². The highest BCUT2D eigenvalue weighted by Crippen LogP contribution is 2.27. The third kappa shape index (κ3) is 3.37. The van der Waals surface area contributed by atoms with Gasteiger partial charge in [0.25, 0.3) is 0 Å². The number of hydrogen-bond acceptors (Lipinski definition) is 4. The first-order valence-corrected chi connectivity index (χ1v) is 6.58. The monoisotopic (exact) mass is 276 g/mol. The number of aromatic nitrogens is 2. The summed E-state index contributed by atoms with van der Waals surface area (Å²) in [7, 11) is 3.31. The second-order valence-electron chi connectivity index (χ2n) is 4.48. The Morgan fingerprint density at radius 3 is 2.85 bits per heavy atom. The maximum absolute atomic E-state index is 9.20. The van der Waals surface area contributed by atoms with E-state index in [0.29, 0.717) is 13.0 Å². The van der Waals surface area contributed by atoms with E-state index >= 15 is 0 Å². The molecule has 0 aliphatic heterocycles. The maximum atomic E-state index is 9.20. The molecule has 1 heterocycles. The number of nitrogens with zero attached hydrogens (tertiary/aromatic N) is 2. The molecule has 5 nitrogen and oxygen atoms in total. The van der Waals surface area contributed by atoms with Gasteiger partial charge in [0.05, 0.1) is 26.5 Å². The SMILES string of the molecule is COCCn1cc(-c2ccc(OC)cc2CCO)cn1.